The highest BCUT2D eigenvalue weighted by Gasteiger charge is 1.92. The normalized spacial score (nSPS) is 10.3. The van der Waals surface area contributed by atoms with Crippen LogP contribution in [0, 0.1) is 0 Å². The maximum absolute atomic E-state index is 4.14. The summed E-state index contributed by atoms with van der Waals surface area (Å²) >= 11 is 0. The van der Waals surface area contributed by atoms with E-state index in [1.165, 1.54) is 18.5 Å². The van der Waals surface area contributed by atoms with E-state index < -0.39 is 0 Å². The monoisotopic (exact) mass is 153 g/mol. The summed E-state index contributed by atoms with van der Waals surface area (Å²) in [4.78, 5) is 7.08. The Morgan fingerprint density at radius 3 is 3.09 bits per heavy atom. The Hall–Kier alpha value is -0.830. The zero-order valence-electron chi connectivity index (χ0n) is 6.93. The first-order chi connectivity index (χ1) is 5.43. The van der Waals surface area contributed by atoms with Crippen molar-refractivity contribution in [3.63, 3.8) is 0 Å². The average Bonchev–Trinajstić information content (AvgIpc) is 2.50. The van der Waals surface area contributed by atoms with E-state index in [1.807, 2.05) is 13.2 Å². The van der Waals surface area contributed by atoms with Crippen LogP contribution in [0.2, 0.25) is 0 Å². The summed E-state index contributed by atoms with van der Waals surface area (Å²) in [6.45, 7) is 1.10. The summed E-state index contributed by atoms with van der Waals surface area (Å²) in [5.74, 6) is 0. The summed E-state index contributed by atoms with van der Waals surface area (Å²) in [5, 5.41) is 3.12. The van der Waals surface area contributed by atoms with Crippen LogP contribution < -0.4 is 5.32 Å². The first-order valence-electron chi connectivity index (χ1n) is 4.05. The van der Waals surface area contributed by atoms with Crippen molar-refractivity contribution in [2.24, 2.45) is 0 Å². The molecule has 2 N–H and O–H groups in total. The van der Waals surface area contributed by atoms with Gasteiger partial charge in [0.15, 0.2) is 0 Å². The van der Waals surface area contributed by atoms with Crippen molar-refractivity contribution in [1.29, 1.82) is 0 Å². The number of hydrogen-bond donors (Lipinski definition) is 2. The smallest absolute Gasteiger partial charge is 0.0923 e. The van der Waals surface area contributed by atoms with Gasteiger partial charge < -0.3 is 10.3 Å². The summed E-state index contributed by atoms with van der Waals surface area (Å²) in [6.07, 6.45) is 7.22. The molecule has 0 bridgehead atoms. The Labute approximate surface area is 67.2 Å². The minimum Gasteiger partial charge on any atom is -0.351 e. The summed E-state index contributed by atoms with van der Waals surface area (Å²) in [7, 11) is 1.98. The van der Waals surface area contributed by atoms with Crippen LogP contribution in [-0.2, 0) is 6.42 Å². The SMILES string of the molecule is CNCCCCc1c[nH]cn1. The Balaban J connectivity index is 2.04. The Bertz CT molecular complexity index is 169. The third-order valence-corrected chi connectivity index (χ3v) is 1.66. The first-order valence-corrected chi connectivity index (χ1v) is 4.05. The third-order valence-electron chi connectivity index (χ3n) is 1.66. The second-order valence-corrected chi connectivity index (χ2v) is 2.62. The number of aromatic nitrogens is 2. The van der Waals surface area contributed by atoms with Gasteiger partial charge in [-0.15, -0.1) is 0 Å². The van der Waals surface area contributed by atoms with Crippen LogP contribution in [0.1, 0.15) is 18.5 Å². The van der Waals surface area contributed by atoms with Crippen molar-refractivity contribution in [3.8, 4) is 0 Å². The zero-order valence-corrected chi connectivity index (χ0v) is 6.93. The van der Waals surface area contributed by atoms with E-state index in [-0.39, 0.29) is 0 Å². The van der Waals surface area contributed by atoms with Crippen LogP contribution >= 0.6 is 0 Å². The molecule has 62 valence electrons. The van der Waals surface area contributed by atoms with Crippen molar-refractivity contribution in [1.82, 2.24) is 15.3 Å². The number of unbranched alkanes of at least 4 members (excludes halogenated alkanes) is 1. The topological polar surface area (TPSA) is 40.7 Å². The number of rotatable bonds is 5. The molecule has 11 heavy (non-hydrogen) atoms. The number of H-pyrrole nitrogens is 1. The van der Waals surface area contributed by atoms with Crippen molar-refractivity contribution in [2.45, 2.75) is 19.3 Å². The highest BCUT2D eigenvalue weighted by molar-refractivity contribution is 4.93. The number of aryl methyl sites for hydroxylation is 1. The fourth-order valence-electron chi connectivity index (χ4n) is 1.04. The van der Waals surface area contributed by atoms with E-state index in [0.717, 1.165) is 13.0 Å². The molecule has 1 aromatic rings. The summed E-state index contributed by atoms with van der Waals surface area (Å²) in [6, 6.07) is 0. The fraction of sp³-hybridized carbons (Fsp3) is 0.625. The number of aromatic amines is 1. The molecule has 1 heterocycles. The van der Waals surface area contributed by atoms with E-state index in [2.05, 4.69) is 15.3 Å². The molecule has 0 aliphatic carbocycles. The lowest BCUT2D eigenvalue weighted by molar-refractivity contribution is 0.672. The van der Waals surface area contributed by atoms with Gasteiger partial charge in [-0.25, -0.2) is 4.98 Å². The summed E-state index contributed by atoms with van der Waals surface area (Å²) < 4.78 is 0. The second kappa shape index (κ2) is 4.91. The Morgan fingerprint density at radius 1 is 1.55 bits per heavy atom. The quantitative estimate of drug-likeness (QED) is 0.618. The van der Waals surface area contributed by atoms with Gasteiger partial charge in [0, 0.05) is 6.20 Å². The molecular formula is C8H15N3. The molecule has 3 heteroatoms. The van der Waals surface area contributed by atoms with E-state index in [4.69, 9.17) is 0 Å². The fourth-order valence-corrected chi connectivity index (χ4v) is 1.04. The van der Waals surface area contributed by atoms with Gasteiger partial charge in [0.2, 0.25) is 0 Å². The first kappa shape index (κ1) is 8.27. The Morgan fingerprint density at radius 2 is 2.45 bits per heavy atom. The maximum atomic E-state index is 4.14. The van der Waals surface area contributed by atoms with Crippen molar-refractivity contribution in [3.05, 3.63) is 18.2 Å². The molecule has 1 rings (SSSR count). The van der Waals surface area contributed by atoms with E-state index in [9.17, 15) is 0 Å². The predicted molar refractivity (Wildman–Crippen MR) is 45.5 cm³/mol. The molecular weight excluding hydrogens is 138 g/mol. The molecule has 0 aromatic carbocycles. The molecule has 0 saturated carbocycles. The van der Waals surface area contributed by atoms with Crippen molar-refractivity contribution >= 4 is 0 Å². The molecule has 0 aliphatic heterocycles. The molecule has 0 aliphatic rings. The van der Waals surface area contributed by atoms with Gasteiger partial charge in [-0.05, 0) is 32.9 Å². The number of imidazole rings is 1. The van der Waals surface area contributed by atoms with E-state index >= 15 is 0 Å². The van der Waals surface area contributed by atoms with Crippen LogP contribution in [0.5, 0.6) is 0 Å². The van der Waals surface area contributed by atoms with Crippen molar-refractivity contribution in [2.75, 3.05) is 13.6 Å². The van der Waals surface area contributed by atoms with Crippen LogP contribution in [0.25, 0.3) is 0 Å². The molecule has 0 radical (unpaired) electrons. The van der Waals surface area contributed by atoms with Crippen LogP contribution in [0.15, 0.2) is 12.5 Å². The number of hydrogen-bond acceptors (Lipinski definition) is 2. The lowest BCUT2D eigenvalue weighted by atomic mass is 10.2. The molecule has 0 fully saturated rings. The number of nitrogens with one attached hydrogen (secondary N) is 2. The largest absolute Gasteiger partial charge is 0.351 e. The van der Waals surface area contributed by atoms with Gasteiger partial charge in [0.25, 0.3) is 0 Å². The van der Waals surface area contributed by atoms with Gasteiger partial charge >= 0.3 is 0 Å². The third kappa shape index (κ3) is 3.18. The lowest BCUT2D eigenvalue weighted by Crippen LogP contribution is -2.07. The molecule has 0 amide bonds. The van der Waals surface area contributed by atoms with E-state index in [1.54, 1.807) is 6.33 Å². The number of nitrogens with zero attached hydrogens (tertiary/aromatic N) is 1. The zero-order chi connectivity index (χ0) is 7.94. The van der Waals surface area contributed by atoms with E-state index in [0.29, 0.717) is 0 Å². The molecule has 3 nitrogen and oxygen atoms in total. The molecule has 0 unspecified atom stereocenters. The minimum absolute atomic E-state index is 1.09. The van der Waals surface area contributed by atoms with Gasteiger partial charge in [0.05, 0.1) is 12.0 Å². The molecule has 0 spiro atoms. The van der Waals surface area contributed by atoms with Crippen molar-refractivity contribution < 1.29 is 0 Å². The average molecular weight is 153 g/mol. The molecule has 0 saturated heterocycles. The highest BCUT2D eigenvalue weighted by atomic mass is 14.9. The van der Waals surface area contributed by atoms with Gasteiger partial charge in [-0.2, -0.15) is 0 Å². The predicted octanol–water partition coefficient (Wildman–Crippen LogP) is 0.952. The minimum atomic E-state index is 1.09. The van der Waals surface area contributed by atoms with Crippen LogP contribution in [0.3, 0.4) is 0 Å². The van der Waals surface area contributed by atoms with Crippen LogP contribution in [-0.4, -0.2) is 23.6 Å². The van der Waals surface area contributed by atoms with Crippen LogP contribution in [0.4, 0.5) is 0 Å². The standard InChI is InChI=1S/C8H15N3/c1-9-5-3-2-4-8-6-10-7-11-8/h6-7,9H,2-5H2,1H3,(H,10,11). The molecule has 1 aromatic heterocycles. The lowest BCUT2D eigenvalue weighted by Gasteiger charge is -1.96. The van der Waals surface area contributed by atoms with Gasteiger partial charge in [-0.3, -0.25) is 0 Å². The second-order valence-electron chi connectivity index (χ2n) is 2.62. The highest BCUT2D eigenvalue weighted by Crippen LogP contribution is 1.98. The maximum Gasteiger partial charge on any atom is 0.0923 e. The van der Waals surface area contributed by atoms with Gasteiger partial charge in [0.1, 0.15) is 0 Å². The molecule has 0 atom stereocenters. The van der Waals surface area contributed by atoms with Gasteiger partial charge in [-0.1, -0.05) is 0 Å². The Kier molecular flexibility index (Phi) is 3.69. The summed E-state index contributed by atoms with van der Waals surface area (Å²) in [5.41, 5.74) is 1.17.